The van der Waals surface area contributed by atoms with Crippen LogP contribution >= 0.6 is 24.2 Å². The van der Waals surface area contributed by atoms with E-state index < -0.39 is 28.2 Å². The molecule has 1 aromatic carbocycles. The van der Waals surface area contributed by atoms with Gasteiger partial charge in [-0.05, 0) is 116 Å². The highest BCUT2D eigenvalue weighted by Crippen LogP contribution is 2.68. The summed E-state index contributed by atoms with van der Waals surface area (Å²) in [6.07, 6.45) is 7.29. The average Bonchev–Trinajstić information content (AvgIpc) is 3.63. The van der Waals surface area contributed by atoms with Crippen molar-refractivity contribution in [1.82, 2.24) is 19.4 Å². The first-order chi connectivity index (χ1) is 20.0. The molecule has 0 radical (unpaired) electrons. The fourth-order valence-corrected chi connectivity index (χ4v) is 10.1. The topological polar surface area (TPSA) is 107 Å². The lowest BCUT2D eigenvalue weighted by molar-refractivity contribution is -0.174. The van der Waals surface area contributed by atoms with E-state index in [1.165, 1.54) is 17.7 Å². The minimum Gasteiger partial charge on any atom is -0.445 e. The second-order valence-electron chi connectivity index (χ2n) is 13.0. The molecule has 0 unspecified atom stereocenters. The fourth-order valence-electron chi connectivity index (χ4n) is 9.15. The van der Waals surface area contributed by atoms with Gasteiger partial charge >= 0.3 is 5.97 Å². The van der Waals surface area contributed by atoms with E-state index in [1.54, 1.807) is 19.1 Å². The van der Waals surface area contributed by atoms with E-state index in [2.05, 4.69) is 40.3 Å². The van der Waals surface area contributed by atoms with E-state index in [0.29, 0.717) is 25.0 Å². The van der Waals surface area contributed by atoms with Gasteiger partial charge in [-0.3, -0.25) is 4.79 Å². The van der Waals surface area contributed by atoms with E-state index in [-0.39, 0.29) is 33.9 Å². The van der Waals surface area contributed by atoms with Gasteiger partial charge in [-0.1, -0.05) is 23.9 Å². The second kappa shape index (κ2) is 9.56. The highest BCUT2D eigenvalue weighted by molar-refractivity contribution is 7.96. The molecule has 4 aliphatic rings. The monoisotopic (exact) mass is 608 g/mol. The van der Waals surface area contributed by atoms with Crippen LogP contribution in [0.5, 0.6) is 0 Å². The number of hydrogen-bond acceptors (Lipinski definition) is 8. The van der Waals surface area contributed by atoms with Crippen molar-refractivity contribution in [3.63, 3.8) is 0 Å². The minimum atomic E-state index is -1.44. The highest BCUT2D eigenvalue weighted by atomic mass is 32.1. The van der Waals surface area contributed by atoms with Crippen molar-refractivity contribution in [2.75, 3.05) is 0 Å². The van der Waals surface area contributed by atoms with Crippen LogP contribution in [0.4, 0.5) is 4.39 Å². The van der Waals surface area contributed by atoms with Gasteiger partial charge in [0.25, 0.3) is 0 Å². The molecular formula is C31H33FN4O4S2. The Bertz CT molecular complexity index is 1640. The lowest BCUT2D eigenvalue weighted by Gasteiger charge is -2.60. The van der Waals surface area contributed by atoms with Gasteiger partial charge in [0.1, 0.15) is 5.82 Å². The number of benzene rings is 1. The predicted octanol–water partition coefficient (Wildman–Crippen LogP) is 5.38. The zero-order valence-corrected chi connectivity index (χ0v) is 25.4. The number of thiol groups is 1. The van der Waals surface area contributed by atoms with Crippen molar-refractivity contribution in [2.45, 2.75) is 71.0 Å². The zero-order chi connectivity index (χ0) is 29.6. The number of esters is 1. The van der Waals surface area contributed by atoms with Crippen LogP contribution in [0, 0.1) is 41.3 Å². The molecule has 0 saturated heterocycles. The van der Waals surface area contributed by atoms with Crippen molar-refractivity contribution < 1.29 is 23.8 Å². The first-order valence-electron chi connectivity index (χ1n) is 14.5. The molecule has 42 heavy (non-hydrogen) atoms. The predicted molar refractivity (Wildman–Crippen MR) is 158 cm³/mol. The van der Waals surface area contributed by atoms with Crippen LogP contribution < -0.4 is 0 Å². The largest absolute Gasteiger partial charge is 0.445 e. The van der Waals surface area contributed by atoms with Crippen LogP contribution in [0.15, 0.2) is 36.0 Å². The summed E-state index contributed by atoms with van der Waals surface area (Å²) in [4.78, 5) is 26.8. The summed E-state index contributed by atoms with van der Waals surface area (Å²) >= 11 is 5.25. The summed E-state index contributed by atoms with van der Waals surface area (Å²) in [7, 11) is 0. The standard InChI is InChI=1S/C31H33FN4O4S2/c1-16-26(42-35-34-16)27(38)40-31(28(39)41)11-10-22-21-9-4-18-12-23-17(15-33-36(23)20-7-5-19(32)6-8-20)13-29(18,2)25(21)24(37)14-30(22,31)3/h5-8,12,15,21-22,24-25,37H,4,9-11,13-14H2,1-3H3,(H,39,41)/t21-,22-,24-,25+,29-,30-,31-/m0/s1. The van der Waals surface area contributed by atoms with Crippen molar-refractivity contribution in [1.29, 1.82) is 0 Å². The lowest BCUT2D eigenvalue weighted by Crippen LogP contribution is -2.62. The molecule has 7 atom stereocenters. The molecule has 2 heterocycles. The van der Waals surface area contributed by atoms with E-state index in [0.717, 1.165) is 47.7 Å². The van der Waals surface area contributed by atoms with Crippen LogP contribution in [0.25, 0.3) is 11.8 Å². The van der Waals surface area contributed by atoms with Gasteiger partial charge in [-0.15, -0.1) is 17.7 Å². The Balaban J connectivity index is 1.22. The Kier molecular flexibility index (Phi) is 6.35. The number of aliphatic hydroxyl groups is 1. The Labute approximate surface area is 252 Å². The summed E-state index contributed by atoms with van der Waals surface area (Å²) in [5.41, 5.74) is 2.17. The number of halogens is 1. The fraction of sp³-hybridized carbons (Fsp3) is 0.516. The van der Waals surface area contributed by atoms with Gasteiger partial charge in [-0.25, -0.2) is 13.9 Å². The Morgan fingerprint density at radius 1 is 1.21 bits per heavy atom. The summed E-state index contributed by atoms with van der Waals surface area (Å²) in [6, 6.07) is 6.33. The Hall–Kier alpha value is -2.89. The quantitative estimate of drug-likeness (QED) is 0.303. The van der Waals surface area contributed by atoms with Crippen molar-refractivity contribution in [3.8, 4) is 5.69 Å². The van der Waals surface area contributed by atoms with Crippen LogP contribution in [0.1, 0.15) is 72.6 Å². The van der Waals surface area contributed by atoms with Crippen molar-refractivity contribution in [2.24, 2.45) is 28.6 Å². The van der Waals surface area contributed by atoms with Gasteiger partial charge in [0.15, 0.2) is 10.5 Å². The maximum atomic E-state index is 13.6. The number of nitrogens with zero attached hydrogens (tertiary/aromatic N) is 4. The number of aliphatic hydroxyl groups excluding tert-OH is 1. The number of fused-ring (bicyclic) bond motifs is 6. The van der Waals surface area contributed by atoms with Crippen molar-refractivity contribution in [3.05, 3.63) is 63.7 Å². The molecular weight excluding hydrogens is 575 g/mol. The normalized spacial score (nSPS) is 35.0. The molecule has 3 aromatic rings. The number of carbonyl (C=O) groups is 2. The third kappa shape index (κ3) is 3.78. The maximum absolute atomic E-state index is 13.6. The summed E-state index contributed by atoms with van der Waals surface area (Å²) in [5, 5.41) is 20.1. The van der Waals surface area contributed by atoms with Gasteiger partial charge in [0.05, 0.1) is 29.4 Å². The number of aromatic nitrogens is 4. The number of hydrogen-bond donors (Lipinski definition) is 2. The Morgan fingerprint density at radius 3 is 2.67 bits per heavy atom. The van der Waals surface area contributed by atoms with Crippen LogP contribution in [-0.2, 0) is 16.0 Å². The number of allylic oxidation sites excluding steroid dienone is 1. The zero-order valence-electron chi connectivity index (χ0n) is 23.7. The molecule has 0 spiro atoms. The third-order valence-corrected chi connectivity index (χ3v) is 12.2. The van der Waals surface area contributed by atoms with Gasteiger partial charge in [0, 0.05) is 5.41 Å². The average molecular weight is 609 g/mol. The molecule has 3 saturated carbocycles. The number of ether oxygens (including phenoxy) is 1. The van der Waals surface area contributed by atoms with Gasteiger partial charge in [0.2, 0.25) is 5.12 Å². The SMILES string of the molecule is Cc1nnsc1C(=O)O[C@]1(C(=O)S)CC[C@H]2[C@@H]3CCC4=Cc5c(cnn5-c5ccc(F)cc5)C[C@]4(C)[C@H]3[C@@H](O)C[C@@]21C. The van der Waals surface area contributed by atoms with Crippen LogP contribution in [0.2, 0.25) is 0 Å². The molecule has 0 bridgehead atoms. The van der Waals surface area contributed by atoms with Crippen LogP contribution in [0.3, 0.4) is 0 Å². The molecule has 220 valence electrons. The Morgan fingerprint density at radius 2 is 1.98 bits per heavy atom. The lowest BCUT2D eigenvalue weighted by atomic mass is 9.45. The molecule has 8 nitrogen and oxygen atoms in total. The minimum absolute atomic E-state index is 0.0210. The molecule has 3 fully saturated rings. The summed E-state index contributed by atoms with van der Waals surface area (Å²) in [6.45, 7) is 5.95. The number of carbonyl (C=O) groups excluding carboxylic acids is 2. The smallest absolute Gasteiger partial charge is 0.352 e. The molecule has 7 rings (SSSR count). The molecule has 0 amide bonds. The first-order valence-corrected chi connectivity index (χ1v) is 15.7. The number of rotatable bonds is 4. The van der Waals surface area contributed by atoms with E-state index in [4.69, 9.17) is 4.74 Å². The molecule has 0 aliphatic heterocycles. The van der Waals surface area contributed by atoms with E-state index in [9.17, 15) is 19.1 Å². The molecule has 2 aromatic heterocycles. The molecule has 11 heteroatoms. The molecule has 1 N–H and O–H groups in total. The third-order valence-electron chi connectivity index (χ3n) is 11.1. The van der Waals surface area contributed by atoms with Crippen LogP contribution in [-0.4, -0.2) is 47.3 Å². The first kappa shape index (κ1) is 27.9. The van der Waals surface area contributed by atoms with Gasteiger partial charge < -0.3 is 9.84 Å². The summed E-state index contributed by atoms with van der Waals surface area (Å²) < 4.78 is 25.4. The van der Waals surface area contributed by atoms with E-state index >= 15 is 0 Å². The van der Waals surface area contributed by atoms with Crippen molar-refractivity contribution >= 4 is 41.3 Å². The second-order valence-corrected chi connectivity index (χ2v) is 14.1. The highest BCUT2D eigenvalue weighted by Gasteiger charge is 2.70. The van der Waals surface area contributed by atoms with Gasteiger partial charge in [-0.2, -0.15) is 5.10 Å². The van der Waals surface area contributed by atoms with E-state index in [1.807, 2.05) is 17.8 Å². The molecule has 4 aliphatic carbocycles. The summed E-state index contributed by atoms with van der Waals surface area (Å²) in [5.74, 6) is -0.690. The maximum Gasteiger partial charge on any atom is 0.352 e. The number of aryl methyl sites for hydroxylation is 1.